The van der Waals surface area contributed by atoms with Crippen molar-refractivity contribution in [1.82, 2.24) is 9.38 Å². The molecule has 3 rings (SSSR count). The van der Waals surface area contributed by atoms with Gasteiger partial charge in [0.1, 0.15) is 11.5 Å². The van der Waals surface area contributed by atoms with Gasteiger partial charge in [-0.15, -0.1) is 0 Å². The summed E-state index contributed by atoms with van der Waals surface area (Å²) >= 11 is 0. The molecule has 3 heterocycles. The number of aryl methyl sites for hydroxylation is 1. The SMILES string of the molecule is COC1CCN(c2cnc3cc(C)ccn23)CC1. The molecule has 4 heteroatoms. The van der Waals surface area contributed by atoms with Gasteiger partial charge in [-0.3, -0.25) is 4.40 Å². The number of methoxy groups -OCH3 is 1. The topological polar surface area (TPSA) is 29.8 Å². The molecule has 0 amide bonds. The summed E-state index contributed by atoms with van der Waals surface area (Å²) in [5.41, 5.74) is 2.27. The van der Waals surface area contributed by atoms with Crippen LogP contribution < -0.4 is 4.90 Å². The van der Waals surface area contributed by atoms with Crippen molar-refractivity contribution in [3.63, 3.8) is 0 Å². The summed E-state index contributed by atoms with van der Waals surface area (Å²) in [7, 11) is 1.80. The second kappa shape index (κ2) is 4.61. The van der Waals surface area contributed by atoms with Crippen LogP contribution in [0.25, 0.3) is 5.65 Å². The van der Waals surface area contributed by atoms with E-state index in [2.05, 4.69) is 39.5 Å². The van der Waals surface area contributed by atoms with Crippen LogP contribution in [0.3, 0.4) is 0 Å². The predicted octanol–water partition coefficient (Wildman–Crippen LogP) is 2.26. The molecular weight excluding hydrogens is 226 g/mol. The number of anilines is 1. The second-order valence-corrected chi connectivity index (χ2v) is 4.97. The number of imidazole rings is 1. The van der Waals surface area contributed by atoms with Gasteiger partial charge in [-0.05, 0) is 37.5 Å². The van der Waals surface area contributed by atoms with Crippen molar-refractivity contribution in [2.75, 3.05) is 25.1 Å². The standard InChI is InChI=1S/C14H19N3O/c1-11-3-8-17-13(9-11)15-10-14(17)16-6-4-12(18-2)5-7-16/h3,8-10,12H,4-7H2,1-2H3. The summed E-state index contributed by atoms with van der Waals surface area (Å²) in [5, 5.41) is 0. The first-order valence-corrected chi connectivity index (χ1v) is 6.49. The quantitative estimate of drug-likeness (QED) is 0.813. The van der Waals surface area contributed by atoms with Gasteiger partial charge in [0, 0.05) is 26.4 Å². The number of pyridine rings is 1. The van der Waals surface area contributed by atoms with E-state index in [0.717, 1.165) is 31.6 Å². The fourth-order valence-corrected chi connectivity index (χ4v) is 2.62. The Bertz CT molecular complexity index is 541. The van der Waals surface area contributed by atoms with Gasteiger partial charge in [-0.2, -0.15) is 0 Å². The van der Waals surface area contributed by atoms with Gasteiger partial charge in [-0.25, -0.2) is 4.98 Å². The highest BCUT2D eigenvalue weighted by molar-refractivity contribution is 5.53. The van der Waals surface area contributed by atoms with E-state index < -0.39 is 0 Å². The normalized spacial score (nSPS) is 17.6. The molecule has 96 valence electrons. The van der Waals surface area contributed by atoms with Crippen LogP contribution in [0, 0.1) is 6.92 Å². The fourth-order valence-electron chi connectivity index (χ4n) is 2.62. The van der Waals surface area contributed by atoms with Crippen molar-refractivity contribution in [3.05, 3.63) is 30.1 Å². The van der Waals surface area contributed by atoms with Gasteiger partial charge in [0.15, 0.2) is 0 Å². The van der Waals surface area contributed by atoms with Crippen LogP contribution in [-0.2, 0) is 4.74 Å². The van der Waals surface area contributed by atoms with Crippen LogP contribution in [0.5, 0.6) is 0 Å². The molecule has 1 aliphatic rings. The smallest absolute Gasteiger partial charge is 0.138 e. The molecule has 0 atom stereocenters. The first-order chi connectivity index (χ1) is 8.78. The van der Waals surface area contributed by atoms with Crippen LogP contribution in [0.2, 0.25) is 0 Å². The number of fused-ring (bicyclic) bond motifs is 1. The Hall–Kier alpha value is -1.55. The van der Waals surface area contributed by atoms with E-state index in [-0.39, 0.29) is 0 Å². The first-order valence-electron chi connectivity index (χ1n) is 6.49. The monoisotopic (exact) mass is 245 g/mol. The van der Waals surface area contributed by atoms with Crippen molar-refractivity contribution in [2.24, 2.45) is 0 Å². The van der Waals surface area contributed by atoms with E-state index in [1.165, 1.54) is 11.4 Å². The summed E-state index contributed by atoms with van der Waals surface area (Å²) in [4.78, 5) is 6.88. The zero-order valence-electron chi connectivity index (χ0n) is 11.0. The van der Waals surface area contributed by atoms with Crippen LogP contribution in [0.15, 0.2) is 24.5 Å². The molecule has 0 saturated carbocycles. The van der Waals surface area contributed by atoms with E-state index in [9.17, 15) is 0 Å². The van der Waals surface area contributed by atoms with Gasteiger partial charge in [0.25, 0.3) is 0 Å². The number of rotatable bonds is 2. The first kappa shape index (κ1) is 11.5. The van der Waals surface area contributed by atoms with Gasteiger partial charge < -0.3 is 9.64 Å². The molecule has 0 N–H and O–H groups in total. The highest BCUT2D eigenvalue weighted by Crippen LogP contribution is 2.22. The molecule has 0 spiro atoms. The third-order valence-corrected chi connectivity index (χ3v) is 3.75. The molecule has 0 aromatic carbocycles. The molecule has 1 saturated heterocycles. The van der Waals surface area contributed by atoms with Gasteiger partial charge >= 0.3 is 0 Å². The molecule has 2 aromatic heterocycles. The molecule has 1 aliphatic heterocycles. The Labute approximate surface area is 107 Å². The average Bonchev–Trinajstić information content (AvgIpc) is 2.81. The minimum atomic E-state index is 0.419. The molecule has 2 aromatic rings. The fraction of sp³-hybridized carbons (Fsp3) is 0.500. The van der Waals surface area contributed by atoms with E-state index in [1.54, 1.807) is 7.11 Å². The molecule has 4 nitrogen and oxygen atoms in total. The molecule has 0 unspecified atom stereocenters. The van der Waals surface area contributed by atoms with E-state index in [1.807, 2.05) is 6.20 Å². The highest BCUT2D eigenvalue weighted by Gasteiger charge is 2.20. The minimum absolute atomic E-state index is 0.419. The summed E-state index contributed by atoms with van der Waals surface area (Å²) in [6.07, 6.45) is 6.69. The van der Waals surface area contributed by atoms with Gasteiger partial charge in [0.05, 0.1) is 12.3 Å². The van der Waals surface area contributed by atoms with Gasteiger partial charge in [-0.1, -0.05) is 0 Å². The third kappa shape index (κ3) is 1.97. The van der Waals surface area contributed by atoms with Crippen LogP contribution in [0.4, 0.5) is 5.82 Å². The Morgan fingerprint density at radius 2 is 2.11 bits per heavy atom. The van der Waals surface area contributed by atoms with E-state index in [4.69, 9.17) is 4.74 Å². The zero-order chi connectivity index (χ0) is 12.5. The molecule has 0 bridgehead atoms. The summed E-state index contributed by atoms with van der Waals surface area (Å²) < 4.78 is 7.58. The number of hydrogen-bond acceptors (Lipinski definition) is 3. The molecule has 1 fully saturated rings. The van der Waals surface area contributed by atoms with Crippen molar-refractivity contribution < 1.29 is 4.74 Å². The van der Waals surface area contributed by atoms with Crippen LogP contribution in [-0.4, -0.2) is 35.7 Å². The van der Waals surface area contributed by atoms with Crippen molar-refractivity contribution in [1.29, 1.82) is 0 Å². The molecule has 0 aliphatic carbocycles. The summed E-state index contributed by atoms with van der Waals surface area (Å²) in [5.74, 6) is 1.19. The van der Waals surface area contributed by atoms with Crippen molar-refractivity contribution in [3.8, 4) is 0 Å². The third-order valence-electron chi connectivity index (χ3n) is 3.75. The Balaban J connectivity index is 1.87. The molecule has 18 heavy (non-hydrogen) atoms. The maximum absolute atomic E-state index is 5.41. The minimum Gasteiger partial charge on any atom is -0.381 e. The maximum Gasteiger partial charge on any atom is 0.138 e. The average molecular weight is 245 g/mol. The van der Waals surface area contributed by atoms with Crippen LogP contribution >= 0.6 is 0 Å². The summed E-state index contributed by atoms with van der Waals surface area (Å²) in [6, 6.07) is 4.24. The number of ether oxygens (including phenoxy) is 1. The number of aromatic nitrogens is 2. The zero-order valence-corrected chi connectivity index (χ0v) is 11.0. The number of piperidine rings is 1. The number of nitrogens with zero attached hydrogens (tertiary/aromatic N) is 3. The Morgan fingerprint density at radius 1 is 1.33 bits per heavy atom. The Morgan fingerprint density at radius 3 is 2.83 bits per heavy atom. The van der Waals surface area contributed by atoms with Crippen molar-refractivity contribution in [2.45, 2.75) is 25.9 Å². The second-order valence-electron chi connectivity index (χ2n) is 4.97. The molecular formula is C14H19N3O. The van der Waals surface area contributed by atoms with Crippen molar-refractivity contribution >= 4 is 11.5 Å². The van der Waals surface area contributed by atoms with E-state index >= 15 is 0 Å². The lowest BCUT2D eigenvalue weighted by atomic mass is 10.1. The lowest BCUT2D eigenvalue weighted by Crippen LogP contribution is -2.37. The van der Waals surface area contributed by atoms with E-state index in [0.29, 0.717) is 6.10 Å². The highest BCUT2D eigenvalue weighted by atomic mass is 16.5. The lowest BCUT2D eigenvalue weighted by Gasteiger charge is -2.32. The lowest BCUT2D eigenvalue weighted by molar-refractivity contribution is 0.0818. The maximum atomic E-state index is 5.41. The predicted molar refractivity (Wildman–Crippen MR) is 72.2 cm³/mol. The summed E-state index contributed by atoms with van der Waals surface area (Å²) in [6.45, 7) is 4.18. The molecule has 0 radical (unpaired) electrons. The number of hydrogen-bond donors (Lipinski definition) is 0. The van der Waals surface area contributed by atoms with Gasteiger partial charge in [0.2, 0.25) is 0 Å². The van der Waals surface area contributed by atoms with Crippen LogP contribution in [0.1, 0.15) is 18.4 Å². The Kier molecular flexibility index (Phi) is 2.96. The largest absolute Gasteiger partial charge is 0.381 e.